The molecule has 8 heteroatoms. The maximum absolute atomic E-state index is 12.3. The number of ether oxygens (including phenoxy) is 1. The third kappa shape index (κ3) is 3.50. The number of halogens is 2. The lowest BCUT2D eigenvalue weighted by Gasteiger charge is -2.25. The molecule has 2 heterocycles. The zero-order valence-corrected chi connectivity index (χ0v) is 15.0. The number of benzene rings is 1. The van der Waals surface area contributed by atoms with E-state index >= 15 is 0 Å². The summed E-state index contributed by atoms with van der Waals surface area (Å²) in [6.07, 6.45) is 3.23. The Bertz CT molecular complexity index is 881. The van der Waals surface area contributed by atoms with Crippen LogP contribution in [0.1, 0.15) is 24.4 Å². The van der Waals surface area contributed by atoms with E-state index in [0.717, 1.165) is 0 Å². The van der Waals surface area contributed by atoms with Gasteiger partial charge in [0.15, 0.2) is 11.7 Å². The van der Waals surface area contributed by atoms with Crippen molar-refractivity contribution in [3.63, 3.8) is 0 Å². The third-order valence-corrected chi connectivity index (χ3v) is 4.24. The molecule has 1 aliphatic heterocycles. The number of nitrogens with one attached hydrogen (secondary N) is 1. The van der Waals surface area contributed by atoms with E-state index in [4.69, 9.17) is 27.9 Å². The standard InChI is InChI=1S/C17H14Cl2N4O2/c1-9-13(17(24)25-2)14(11-5-4-10(18)8-12(11)19)23-16(22-9)15-20-6-3-7-21-15/h3-8,14H,1-2H3,(H,22,23). The summed E-state index contributed by atoms with van der Waals surface area (Å²) in [5.41, 5.74) is 1.60. The highest BCUT2D eigenvalue weighted by Gasteiger charge is 2.32. The smallest absolute Gasteiger partial charge is 0.338 e. The summed E-state index contributed by atoms with van der Waals surface area (Å²) in [4.78, 5) is 25.3. The topological polar surface area (TPSA) is 76.5 Å². The first kappa shape index (κ1) is 17.4. The first-order valence-corrected chi connectivity index (χ1v) is 8.13. The maximum Gasteiger partial charge on any atom is 0.338 e. The van der Waals surface area contributed by atoms with Gasteiger partial charge in [-0.3, -0.25) is 4.99 Å². The Morgan fingerprint density at radius 1 is 1.24 bits per heavy atom. The lowest BCUT2D eigenvalue weighted by atomic mass is 9.96. The first-order valence-electron chi connectivity index (χ1n) is 7.37. The van der Waals surface area contributed by atoms with Gasteiger partial charge in [0, 0.05) is 33.7 Å². The molecule has 0 radical (unpaired) electrons. The van der Waals surface area contributed by atoms with Gasteiger partial charge in [-0.05, 0) is 25.1 Å². The highest BCUT2D eigenvalue weighted by Crippen LogP contribution is 2.36. The Morgan fingerprint density at radius 2 is 1.96 bits per heavy atom. The number of allylic oxidation sites excluding steroid dienone is 1. The molecule has 1 unspecified atom stereocenters. The molecule has 3 rings (SSSR count). The number of nitrogens with zero attached hydrogens (tertiary/aromatic N) is 3. The third-order valence-electron chi connectivity index (χ3n) is 3.68. The van der Waals surface area contributed by atoms with E-state index in [1.54, 1.807) is 43.6 Å². The number of hydrogen-bond donors (Lipinski definition) is 1. The van der Waals surface area contributed by atoms with Crippen LogP contribution in [-0.2, 0) is 9.53 Å². The minimum absolute atomic E-state index is 0.367. The van der Waals surface area contributed by atoms with Gasteiger partial charge < -0.3 is 10.1 Å². The number of rotatable bonds is 3. The van der Waals surface area contributed by atoms with Gasteiger partial charge >= 0.3 is 5.97 Å². The van der Waals surface area contributed by atoms with E-state index in [9.17, 15) is 4.79 Å². The summed E-state index contributed by atoms with van der Waals surface area (Å²) >= 11 is 12.3. The minimum Gasteiger partial charge on any atom is -0.466 e. The Morgan fingerprint density at radius 3 is 2.60 bits per heavy atom. The van der Waals surface area contributed by atoms with E-state index in [2.05, 4.69) is 20.3 Å². The number of hydrogen-bond acceptors (Lipinski definition) is 6. The molecule has 0 spiro atoms. The fraction of sp³-hybridized carbons (Fsp3) is 0.176. The molecule has 0 bridgehead atoms. The van der Waals surface area contributed by atoms with Crippen molar-refractivity contribution in [2.45, 2.75) is 13.0 Å². The number of methoxy groups -OCH3 is 1. The first-order chi connectivity index (χ1) is 12.0. The molecule has 25 heavy (non-hydrogen) atoms. The largest absolute Gasteiger partial charge is 0.466 e. The normalized spacial score (nSPS) is 17.0. The van der Waals surface area contributed by atoms with Crippen molar-refractivity contribution in [1.29, 1.82) is 0 Å². The predicted octanol–water partition coefficient (Wildman–Crippen LogP) is 3.32. The van der Waals surface area contributed by atoms with Gasteiger partial charge in [0.25, 0.3) is 0 Å². The number of carbonyl (C=O) groups excluding carboxylic acids is 1. The van der Waals surface area contributed by atoms with Crippen molar-refractivity contribution in [2.75, 3.05) is 7.11 Å². The molecule has 0 aliphatic carbocycles. The maximum atomic E-state index is 12.3. The summed E-state index contributed by atoms with van der Waals surface area (Å²) in [6, 6.07) is 6.10. The number of esters is 1. The van der Waals surface area contributed by atoms with Crippen molar-refractivity contribution in [3.05, 3.63) is 69.4 Å². The van der Waals surface area contributed by atoms with Crippen LogP contribution in [0.4, 0.5) is 0 Å². The molecule has 6 nitrogen and oxygen atoms in total. The molecule has 128 valence electrons. The molecule has 1 N–H and O–H groups in total. The molecule has 0 saturated heterocycles. The second kappa shape index (κ2) is 7.21. The van der Waals surface area contributed by atoms with Gasteiger partial charge in [0.1, 0.15) is 6.04 Å². The number of aliphatic imine (C=N–C) groups is 1. The number of carbonyl (C=O) groups is 1. The summed E-state index contributed by atoms with van der Waals surface area (Å²) in [5.74, 6) is 0.375. The fourth-order valence-electron chi connectivity index (χ4n) is 2.53. The fourth-order valence-corrected chi connectivity index (χ4v) is 3.05. The van der Waals surface area contributed by atoms with E-state index in [0.29, 0.717) is 38.5 Å². The zero-order chi connectivity index (χ0) is 18.0. The Hall–Kier alpha value is -2.44. The van der Waals surface area contributed by atoms with E-state index < -0.39 is 12.0 Å². The van der Waals surface area contributed by atoms with Gasteiger partial charge in [-0.1, -0.05) is 29.3 Å². The van der Waals surface area contributed by atoms with Gasteiger partial charge in [0.05, 0.1) is 12.7 Å². The molecular formula is C17H14Cl2N4O2. The van der Waals surface area contributed by atoms with Crippen molar-refractivity contribution in [2.24, 2.45) is 4.99 Å². The van der Waals surface area contributed by atoms with Crippen LogP contribution in [0.2, 0.25) is 10.0 Å². The van der Waals surface area contributed by atoms with E-state index in [1.165, 1.54) is 7.11 Å². The number of amidine groups is 1. The Labute approximate surface area is 154 Å². The molecular weight excluding hydrogens is 363 g/mol. The number of aromatic nitrogens is 2. The van der Waals surface area contributed by atoms with Gasteiger partial charge in [-0.2, -0.15) is 0 Å². The lowest BCUT2D eigenvalue weighted by Crippen LogP contribution is -2.33. The molecule has 1 aliphatic rings. The monoisotopic (exact) mass is 376 g/mol. The average Bonchev–Trinajstić information content (AvgIpc) is 2.61. The lowest BCUT2D eigenvalue weighted by molar-refractivity contribution is -0.136. The van der Waals surface area contributed by atoms with E-state index in [-0.39, 0.29) is 0 Å². The summed E-state index contributed by atoms with van der Waals surface area (Å²) in [7, 11) is 1.32. The molecule has 0 fully saturated rings. The second-order valence-corrected chi connectivity index (χ2v) is 6.12. The predicted molar refractivity (Wildman–Crippen MR) is 95.6 cm³/mol. The van der Waals surface area contributed by atoms with E-state index in [1.807, 2.05) is 0 Å². The van der Waals surface area contributed by atoms with Gasteiger partial charge in [-0.25, -0.2) is 14.8 Å². The summed E-state index contributed by atoms with van der Waals surface area (Å²) in [6.45, 7) is 1.76. The second-order valence-electron chi connectivity index (χ2n) is 5.27. The van der Waals surface area contributed by atoms with Crippen molar-refractivity contribution < 1.29 is 9.53 Å². The van der Waals surface area contributed by atoms with Crippen LogP contribution >= 0.6 is 23.2 Å². The van der Waals surface area contributed by atoms with Crippen molar-refractivity contribution in [1.82, 2.24) is 15.3 Å². The highest BCUT2D eigenvalue weighted by molar-refractivity contribution is 6.35. The SMILES string of the molecule is COC(=O)C1=C(C)NC(c2ncccn2)=NC1c1ccc(Cl)cc1Cl. The average molecular weight is 377 g/mol. The molecule has 0 amide bonds. The van der Waals surface area contributed by atoms with Crippen LogP contribution in [0.3, 0.4) is 0 Å². The molecule has 1 aromatic heterocycles. The minimum atomic E-state index is -0.655. The highest BCUT2D eigenvalue weighted by atomic mass is 35.5. The van der Waals surface area contributed by atoms with Crippen LogP contribution < -0.4 is 5.32 Å². The molecule has 1 atom stereocenters. The summed E-state index contributed by atoms with van der Waals surface area (Å²) < 4.78 is 4.91. The van der Waals surface area contributed by atoms with Crippen LogP contribution in [-0.4, -0.2) is 28.9 Å². The zero-order valence-electron chi connectivity index (χ0n) is 13.5. The molecule has 0 saturated carbocycles. The van der Waals surface area contributed by atoms with Gasteiger partial charge in [0.2, 0.25) is 0 Å². The molecule has 1 aromatic carbocycles. The molecule has 2 aromatic rings. The van der Waals surface area contributed by atoms with Crippen LogP contribution in [0.25, 0.3) is 0 Å². The summed E-state index contributed by atoms with van der Waals surface area (Å²) in [5, 5.41) is 3.97. The Kier molecular flexibility index (Phi) is 5.01. The van der Waals surface area contributed by atoms with Crippen LogP contribution in [0.5, 0.6) is 0 Å². The van der Waals surface area contributed by atoms with Crippen molar-refractivity contribution >= 4 is 35.0 Å². The van der Waals surface area contributed by atoms with Crippen LogP contribution in [0, 0.1) is 0 Å². The quantitative estimate of drug-likeness (QED) is 0.831. The van der Waals surface area contributed by atoms with Crippen LogP contribution in [0.15, 0.2) is 52.9 Å². The van der Waals surface area contributed by atoms with Crippen molar-refractivity contribution in [3.8, 4) is 0 Å². The Balaban J connectivity index is 2.14. The van der Waals surface area contributed by atoms with Gasteiger partial charge in [-0.15, -0.1) is 0 Å².